The van der Waals surface area contributed by atoms with E-state index in [1.54, 1.807) is 12.4 Å². The Labute approximate surface area is 87.7 Å². The first-order valence-electron chi connectivity index (χ1n) is 5.13. The van der Waals surface area contributed by atoms with Crippen molar-refractivity contribution in [3.63, 3.8) is 0 Å². The molecule has 1 N–H and O–H groups in total. The SMILES string of the molecule is Cn1nccc1-n1ccnc1NC1CC1. The van der Waals surface area contributed by atoms with E-state index in [2.05, 4.69) is 15.4 Å². The van der Waals surface area contributed by atoms with E-state index in [-0.39, 0.29) is 0 Å². The van der Waals surface area contributed by atoms with Gasteiger partial charge in [0, 0.05) is 31.5 Å². The van der Waals surface area contributed by atoms with E-state index in [1.807, 2.05) is 28.6 Å². The standard InChI is InChI=1S/C10H13N5/c1-14-9(4-5-12-14)15-7-6-11-10(15)13-8-2-3-8/h4-8H,2-3H2,1H3,(H,11,13). The molecule has 0 aromatic carbocycles. The van der Waals surface area contributed by atoms with Crippen molar-refractivity contribution in [3.05, 3.63) is 24.7 Å². The highest BCUT2D eigenvalue weighted by molar-refractivity contribution is 5.38. The van der Waals surface area contributed by atoms with Gasteiger partial charge in [0.15, 0.2) is 0 Å². The fraction of sp³-hybridized carbons (Fsp3) is 0.400. The summed E-state index contributed by atoms with van der Waals surface area (Å²) < 4.78 is 3.85. The molecule has 1 aliphatic carbocycles. The number of nitrogens with one attached hydrogen (secondary N) is 1. The normalized spacial score (nSPS) is 15.5. The first-order chi connectivity index (χ1) is 7.34. The summed E-state index contributed by atoms with van der Waals surface area (Å²) in [6, 6.07) is 2.58. The molecule has 2 aromatic rings. The Morgan fingerprint density at radius 2 is 2.27 bits per heavy atom. The molecule has 0 radical (unpaired) electrons. The highest BCUT2D eigenvalue weighted by atomic mass is 15.3. The molecule has 0 bridgehead atoms. The zero-order chi connectivity index (χ0) is 10.3. The van der Waals surface area contributed by atoms with Gasteiger partial charge in [-0.25, -0.2) is 4.98 Å². The lowest BCUT2D eigenvalue weighted by Gasteiger charge is -2.08. The van der Waals surface area contributed by atoms with Crippen molar-refractivity contribution in [2.75, 3.05) is 5.32 Å². The van der Waals surface area contributed by atoms with Crippen LogP contribution in [0.1, 0.15) is 12.8 Å². The molecule has 0 amide bonds. The molecular weight excluding hydrogens is 190 g/mol. The van der Waals surface area contributed by atoms with Crippen LogP contribution in [0.3, 0.4) is 0 Å². The Hall–Kier alpha value is -1.78. The second-order valence-corrected chi connectivity index (χ2v) is 3.85. The second-order valence-electron chi connectivity index (χ2n) is 3.85. The highest BCUT2D eigenvalue weighted by Gasteiger charge is 2.23. The van der Waals surface area contributed by atoms with Gasteiger partial charge in [0.25, 0.3) is 0 Å². The minimum Gasteiger partial charge on any atom is -0.353 e. The summed E-state index contributed by atoms with van der Waals surface area (Å²) >= 11 is 0. The minimum atomic E-state index is 0.611. The third-order valence-corrected chi connectivity index (χ3v) is 2.59. The van der Waals surface area contributed by atoms with Crippen molar-refractivity contribution in [2.45, 2.75) is 18.9 Å². The van der Waals surface area contributed by atoms with Crippen LogP contribution in [0.25, 0.3) is 5.82 Å². The minimum absolute atomic E-state index is 0.611. The molecule has 2 aromatic heterocycles. The van der Waals surface area contributed by atoms with E-state index < -0.39 is 0 Å². The molecule has 3 rings (SSSR count). The lowest BCUT2D eigenvalue weighted by Crippen LogP contribution is -2.10. The maximum atomic E-state index is 4.30. The molecule has 1 fully saturated rings. The quantitative estimate of drug-likeness (QED) is 0.814. The molecule has 5 heteroatoms. The number of hydrogen-bond acceptors (Lipinski definition) is 3. The van der Waals surface area contributed by atoms with Crippen molar-refractivity contribution in [3.8, 4) is 5.82 Å². The third-order valence-electron chi connectivity index (χ3n) is 2.59. The van der Waals surface area contributed by atoms with Crippen LogP contribution in [0, 0.1) is 0 Å². The highest BCUT2D eigenvalue weighted by Crippen LogP contribution is 2.24. The molecule has 0 spiro atoms. The molecule has 0 saturated heterocycles. The molecule has 0 aliphatic heterocycles. The van der Waals surface area contributed by atoms with Crippen LogP contribution in [0.4, 0.5) is 5.95 Å². The maximum Gasteiger partial charge on any atom is 0.208 e. The number of nitrogens with zero attached hydrogens (tertiary/aromatic N) is 4. The number of rotatable bonds is 3. The summed E-state index contributed by atoms with van der Waals surface area (Å²) in [4.78, 5) is 4.30. The molecule has 0 unspecified atom stereocenters. The summed E-state index contributed by atoms with van der Waals surface area (Å²) in [6.07, 6.45) is 8.03. The van der Waals surface area contributed by atoms with Gasteiger partial charge in [0.1, 0.15) is 5.82 Å². The van der Waals surface area contributed by atoms with E-state index in [0.29, 0.717) is 6.04 Å². The van der Waals surface area contributed by atoms with Gasteiger partial charge in [-0.2, -0.15) is 5.10 Å². The van der Waals surface area contributed by atoms with Crippen LogP contribution in [-0.2, 0) is 7.05 Å². The van der Waals surface area contributed by atoms with E-state index in [4.69, 9.17) is 0 Å². The summed E-state index contributed by atoms with van der Waals surface area (Å²) in [5.74, 6) is 1.93. The maximum absolute atomic E-state index is 4.30. The van der Waals surface area contributed by atoms with E-state index in [1.165, 1.54) is 12.8 Å². The molecule has 15 heavy (non-hydrogen) atoms. The average molecular weight is 203 g/mol. The number of aryl methyl sites for hydroxylation is 1. The first-order valence-corrected chi connectivity index (χ1v) is 5.13. The Bertz CT molecular complexity index is 466. The lowest BCUT2D eigenvalue weighted by atomic mass is 10.6. The van der Waals surface area contributed by atoms with Gasteiger partial charge in [0.05, 0.1) is 6.20 Å². The predicted molar refractivity (Wildman–Crippen MR) is 57.0 cm³/mol. The van der Waals surface area contributed by atoms with E-state index in [9.17, 15) is 0 Å². The Morgan fingerprint density at radius 3 is 2.93 bits per heavy atom. The fourth-order valence-corrected chi connectivity index (χ4v) is 1.61. The van der Waals surface area contributed by atoms with E-state index in [0.717, 1.165) is 11.8 Å². The van der Waals surface area contributed by atoms with E-state index >= 15 is 0 Å². The Morgan fingerprint density at radius 1 is 1.40 bits per heavy atom. The summed E-state index contributed by atoms with van der Waals surface area (Å²) in [6.45, 7) is 0. The molecule has 1 saturated carbocycles. The van der Waals surface area contributed by atoms with Crippen LogP contribution in [0.5, 0.6) is 0 Å². The lowest BCUT2D eigenvalue weighted by molar-refractivity contribution is 0.730. The van der Waals surface area contributed by atoms with Crippen LogP contribution < -0.4 is 5.32 Å². The van der Waals surface area contributed by atoms with Gasteiger partial charge < -0.3 is 5.32 Å². The average Bonchev–Trinajstić information content (AvgIpc) is 2.74. The molecule has 78 valence electrons. The summed E-state index contributed by atoms with van der Waals surface area (Å²) in [7, 11) is 1.93. The van der Waals surface area contributed by atoms with Gasteiger partial charge in [-0.05, 0) is 12.8 Å². The molecule has 5 nitrogen and oxygen atoms in total. The fourth-order valence-electron chi connectivity index (χ4n) is 1.61. The largest absolute Gasteiger partial charge is 0.353 e. The van der Waals surface area contributed by atoms with Crippen LogP contribution >= 0.6 is 0 Å². The van der Waals surface area contributed by atoms with Crippen molar-refractivity contribution in [2.24, 2.45) is 7.05 Å². The van der Waals surface area contributed by atoms with Crippen molar-refractivity contribution in [1.29, 1.82) is 0 Å². The summed E-state index contributed by atoms with van der Waals surface area (Å²) in [5, 5.41) is 7.54. The Kier molecular flexibility index (Phi) is 1.77. The van der Waals surface area contributed by atoms with Gasteiger partial charge in [-0.15, -0.1) is 0 Å². The van der Waals surface area contributed by atoms with Gasteiger partial charge in [-0.3, -0.25) is 9.25 Å². The van der Waals surface area contributed by atoms with Crippen LogP contribution in [0.2, 0.25) is 0 Å². The third kappa shape index (κ3) is 1.49. The van der Waals surface area contributed by atoms with Crippen LogP contribution in [-0.4, -0.2) is 25.4 Å². The number of anilines is 1. The topological polar surface area (TPSA) is 47.7 Å². The van der Waals surface area contributed by atoms with Gasteiger partial charge in [-0.1, -0.05) is 0 Å². The zero-order valence-corrected chi connectivity index (χ0v) is 8.59. The van der Waals surface area contributed by atoms with Gasteiger partial charge >= 0.3 is 0 Å². The molecule has 2 heterocycles. The molecular formula is C10H13N5. The van der Waals surface area contributed by atoms with Crippen molar-refractivity contribution >= 4 is 5.95 Å². The van der Waals surface area contributed by atoms with Crippen LogP contribution in [0.15, 0.2) is 24.7 Å². The molecule has 1 aliphatic rings. The smallest absolute Gasteiger partial charge is 0.208 e. The first kappa shape index (κ1) is 8.52. The number of hydrogen-bond donors (Lipinski definition) is 1. The number of imidazole rings is 1. The summed E-state index contributed by atoms with van der Waals surface area (Å²) in [5.41, 5.74) is 0. The second kappa shape index (κ2) is 3.12. The molecule has 0 atom stereocenters. The number of aromatic nitrogens is 4. The van der Waals surface area contributed by atoms with Gasteiger partial charge in [0.2, 0.25) is 5.95 Å². The van der Waals surface area contributed by atoms with Crippen molar-refractivity contribution < 1.29 is 0 Å². The zero-order valence-electron chi connectivity index (χ0n) is 8.59. The Balaban J connectivity index is 1.96. The monoisotopic (exact) mass is 203 g/mol. The predicted octanol–water partition coefficient (Wildman–Crippen LogP) is 1.18. The van der Waals surface area contributed by atoms with Crippen molar-refractivity contribution in [1.82, 2.24) is 19.3 Å².